The monoisotopic (exact) mass is 340 g/mol. The van der Waals surface area contributed by atoms with Gasteiger partial charge in [-0.25, -0.2) is 22.2 Å². The molecule has 23 heavy (non-hydrogen) atoms. The predicted molar refractivity (Wildman–Crippen MR) is 78.4 cm³/mol. The molecule has 0 saturated carbocycles. The fourth-order valence-corrected chi connectivity index (χ4v) is 3.88. The molecule has 0 radical (unpaired) electrons. The Morgan fingerprint density at radius 3 is 2.70 bits per heavy atom. The maximum Gasteiger partial charge on any atom is 0.243 e. The highest BCUT2D eigenvalue weighted by Gasteiger charge is 2.34. The molecule has 0 aliphatic carbocycles. The number of hydrogen-bond acceptors (Lipinski definition) is 4. The van der Waals surface area contributed by atoms with Crippen LogP contribution in [0.5, 0.6) is 5.88 Å². The van der Waals surface area contributed by atoms with Crippen molar-refractivity contribution in [1.29, 1.82) is 0 Å². The number of halogens is 2. The topological polar surface area (TPSA) is 59.5 Å². The van der Waals surface area contributed by atoms with Gasteiger partial charge in [0, 0.05) is 18.8 Å². The Morgan fingerprint density at radius 1 is 1.17 bits per heavy atom. The molecule has 0 amide bonds. The third-order valence-electron chi connectivity index (χ3n) is 3.56. The van der Waals surface area contributed by atoms with Crippen molar-refractivity contribution in [2.45, 2.75) is 17.4 Å². The Bertz CT molecular complexity index is 800. The minimum atomic E-state index is -3.88. The first-order chi connectivity index (χ1) is 11.0. The normalized spacial score (nSPS) is 19.0. The maximum atomic E-state index is 13.3. The zero-order valence-electron chi connectivity index (χ0n) is 12.0. The number of aromatic nitrogens is 1. The first-order valence-electron chi connectivity index (χ1n) is 7.00. The van der Waals surface area contributed by atoms with E-state index in [0.717, 1.165) is 12.1 Å². The van der Waals surface area contributed by atoms with Crippen LogP contribution in [0.25, 0.3) is 0 Å². The van der Waals surface area contributed by atoms with Crippen LogP contribution in [0.4, 0.5) is 8.78 Å². The molecule has 0 bridgehead atoms. The number of sulfonamides is 1. The Kier molecular flexibility index (Phi) is 4.27. The van der Waals surface area contributed by atoms with Crippen LogP contribution in [-0.4, -0.2) is 36.9 Å². The van der Waals surface area contributed by atoms with Crippen molar-refractivity contribution < 1.29 is 21.9 Å². The Morgan fingerprint density at radius 2 is 2.00 bits per heavy atom. The fourth-order valence-electron chi connectivity index (χ4n) is 2.39. The lowest BCUT2D eigenvalue weighted by atomic mass is 10.3. The van der Waals surface area contributed by atoms with E-state index in [0.29, 0.717) is 18.4 Å². The van der Waals surface area contributed by atoms with E-state index in [1.54, 1.807) is 24.4 Å². The van der Waals surface area contributed by atoms with Gasteiger partial charge in [-0.2, -0.15) is 4.31 Å². The van der Waals surface area contributed by atoms with E-state index in [1.165, 1.54) is 4.31 Å². The average molecular weight is 340 g/mol. The van der Waals surface area contributed by atoms with E-state index in [9.17, 15) is 17.2 Å². The molecule has 5 nitrogen and oxygen atoms in total. The summed E-state index contributed by atoms with van der Waals surface area (Å²) < 4.78 is 58.0. The van der Waals surface area contributed by atoms with Gasteiger partial charge in [-0.3, -0.25) is 0 Å². The minimum absolute atomic E-state index is 0.137. The van der Waals surface area contributed by atoms with Crippen LogP contribution in [0.15, 0.2) is 47.5 Å². The second-order valence-corrected chi connectivity index (χ2v) is 7.07. The number of nitrogens with zero attached hydrogens (tertiary/aromatic N) is 2. The van der Waals surface area contributed by atoms with Crippen molar-refractivity contribution in [1.82, 2.24) is 9.29 Å². The van der Waals surface area contributed by atoms with Crippen molar-refractivity contribution in [2.75, 3.05) is 13.1 Å². The summed E-state index contributed by atoms with van der Waals surface area (Å²) in [5.74, 6) is -1.85. The van der Waals surface area contributed by atoms with Gasteiger partial charge in [0.2, 0.25) is 15.9 Å². The molecule has 0 spiro atoms. The lowest BCUT2D eigenvalue weighted by Gasteiger charge is -2.17. The molecule has 3 rings (SSSR count). The average Bonchev–Trinajstić information content (AvgIpc) is 3.00. The third kappa shape index (κ3) is 3.32. The summed E-state index contributed by atoms with van der Waals surface area (Å²) in [5.41, 5.74) is 0. The lowest BCUT2D eigenvalue weighted by molar-refractivity contribution is 0.207. The van der Waals surface area contributed by atoms with Gasteiger partial charge in [0.05, 0.1) is 11.4 Å². The SMILES string of the molecule is O=S(=O)(c1ccc(F)c(F)c1)N1CC[C@H](Oc2ccccn2)C1. The van der Waals surface area contributed by atoms with Crippen LogP contribution >= 0.6 is 0 Å². The molecule has 2 heterocycles. The molecule has 2 aromatic rings. The molecule has 122 valence electrons. The molecule has 1 aromatic carbocycles. The van der Waals surface area contributed by atoms with Crippen LogP contribution in [-0.2, 0) is 10.0 Å². The van der Waals surface area contributed by atoms with Crippen molar-refractivity contribution >= 4 is 10.0 Å². The van der Waals surface area contributed by atoms with Gasteiger partial charge in [-0.1, -0.05) is 6.07 Å². The number of hydrogen-bond donors (Lipinski definition) is 0. The molecule has 8 heteroatoms. The van der Waals surface area contributed by atoms with Gasteiger partial charge in [-0.15, -0.1) is 0 Å². The number of pyridine rings is 1. The first kappa shape index (κ1) is 15.8. The lowest BCUT2D eigenvalue weighted by Crippen LogP contribution is -2.31. The molecule has 0 unspecified atom stereocenters. The van der Waals surface area contributed by atoms with E-state index in [-0.39, 0.29) is 24.1 Å². The van der Waals surface area contributed by atoms with Crippen LogP contribution in [0, 0.1) is 11.6 Å². The van der Waals surface area contributed by atoms with Crippen molar-refractivity contribution in [3.8, 4) is 5.88 Å². The van der Waals surface area contributed by atoms with Crippen LogP contribution in [0.1, 0.15) is 6.42 Å². The Labute approximate surface area is 132 Å². The summed E-state index contributed by atoms with van der Waals surface area (Å²) in [7, 11) is -3.88. The molecular weight excluding hydrogens is 326 g/mol. The Hall–Kier alpha value is -2.06. The molecule has 1 aliphatic heterocycles. The van der Waals surface area contributed by atoms with Crippen molar-refractivity contribution in [3.63, 3.8) is 0 Å². The van der Waals surface area contributed by atoms with Crippen LogP contribution in [0.2, 0.25) is 0 Å². The smallest absolute Gasteiger partial charge is 0.243 e. The van der Waals surface area contributed by atoms with Crippen LogP contribution in [0.3, 0.4) is 0 Å². The van der Waals surface area contributed by atoms with Gasteiger partial charge in [0.25, 0.3) is 0 Å². The molecule has 0 N–H and O–H groups in total. The standard InChI is InChI=1S/C15H14F2N2O3S/c16-13-5-4-12(9-14(13)17)23(20,21)19-8-6-11(10-19)22-15-3-1-2-7-18-15/h1-5,7,9,11H,6,8,10H2/t11-/m0/s1. The largest absolute Gasteiger partial charge is 0.473 e. The number of benzene rings is 1. The molecule has 1 aromatic heterocycles. The Balaban J connectivity index is 1.73. The molecule has 1 fully saturated rings. The highest BCUT2D eigenvalue weighted by molar-refractivity contribution is 7.89. The summed E-state index contributed by atoms with van der Waals surface area (Å²) in [6, 6.07) is 7.76. The zero-order chi connectivity index (χ0) is 16.4. The van der Waals surface area contributed by atoms with E-state index in [1.807, 2.05) is 0 Å². The molecular formula is C15H14F2N2O3S. The molecule has 1 atom stereocenters. The molecule has 1 aliphatic rings. The van der Waals surface area contributed by atoms with Gasteiger partial charge >= 0.3 is 0 Å². The summed E-state index contributed by atoms with van der Waals surface area (Å²) in [6.07, 6.45) is 1.75. The summed E-state index contributed by atoms with van der Waals surface area (Å²) in [5, 5.41) is 0. The highest BCUT2D eigenvalue weighted by atomic mass is 32.2. The van der Waals surface area contributed by atoms with E-state index in [4.69, 9.17) is 4.74 Å². The third-order valence-corrected chi connectivity index (χ3v) is 5.42. The second-order valence-electron chi connectivity index (χ2n) is 5.14. The zero-order valence-corrected chi connectivity index (χ0v) is 12.8. The van der Waals surface area contributed by atoms with E-state index in [2.05, 4.69) is 4.98 Å². The fraction of sp³-hybridized carbons (Fsp3) is 0.267. The van der Waals surface area contributed by atoms with Gasteiger partial charge < -0.3 is 4.74 Å². The maximum absolute atomic E-state index is 13.3. The number of ether oxygens (including phenoxy) is 1. The van der Waals surface area contributed by atoms with Crippen molar-refractivity contribution in [2.24, 2.45) is 0 Å². The van der Waals surface area contributed by atoms with Gasteiger partial charge in [-0.05, 0) is 30.7 Å². The summed E-state index contributed by atoms with van der Waals surface area (Å²) in [4.78, 5) is 3.76. The quantitative estimate of drug-likeness (QED) is 0.856. The predicted octanol–water partition coefficient (Wildman–Crippen LogP) is 2.20. The first-order valence-corrected chi connectivity index (χ1v) is 8.44. The summed E-state index contributed by atoms with van der Waals surface area (Å²) >= 11 is 0. The van der Waals surface area contributed by atoms with E-state index >= 15 is 0 Å². The van der Waals surface area contributed by atoms with Crippen molar-refractivity contribution in [3.05, 3.63) is 54.2 Å². The summed E-state index contributed by atoms with van der Waals surface area (Å²) in [6.45, 7) is 0.386. The second kappa shape index (κ2) is 6.21. The van der Waals surface area contributed by atoms with Gasteiger partial charge in [0.1, 0.15) is 6.10 Å². The highest BCUT2D eigenvalue weighted by Crippen LogP contribution is 2.24. The molecule has 1 saturated heterocycles. The van der Waals surface area contributed by atoms with E-state index < -0.39 is 21.7 Å². The number of rotatable bonds is 4. The minimum Gasteiger partial charge on any atom is -0.473 e. The van der Waals surface area contributed by atoms with Crippen LogP contribution < -0.4 is 4.74 Å². The van der Waals surface area contributed by atoms with Gasteiger partial charge in [0.15, 0.2) is 11.6 Å².